The first-order valence-electron chi connectivity index (χ1n) is 12.6. The van der Waals surface area contributed by atoms with Crippen LogP contribution >= 0.6 is 0 Å². The number of carbonyl (C=O) groups is 1. The molecule has 1 amide bonds. The number of para-hydroxylation sites is 1. The Morgan fingerprint density at radius 1 is 0.861 bits per heavy atom. The van der Waals surface area contributed by atoms with Gasteiger partial charge in [0.05, 0.1) is 17.3 Å². The monoisotopic (exact) mass is 481 g/mol. The zero-order valence-electron chi connectivity index (χ0n) is 21.5. The van der Waals surface area contributed by atoms with Gasteiger partial charge in [0.1, 0.15) is 0 Å². The lowest BCUT2D eigenvalue weighted by Gasteiger charge is -2.24. The summed E-state index contributed by atoms with van der Waals surface area (Å²) in [4.78, 5) is 27.8. The molecule has 0 radical (unpaired) electrons. The highest BCUT2D eigenvalue weighted by Crippen LogP contribution is 2.25. The van der Waals surface area contributed by atoms with Gasteiger partial charge in [0.2, 0.25) is 0 Å². The Morgan fingerprint density at radius 3 is 2.06 bits per heavy atom. The molecule has 1 aromatic heterocycles. The number of pyridine rings is 1. The quantitative estimate of drug-likeness (QED) is 0.324. The van der Waals surface area contributed by atoms with Gasteiger partial charge >= 0.3 is 0 Å². The van der Waals surface area contributed by atoms with E-state index in [1.807, 2.05) is 78.9 Å². The van der Waals surface area contributed by atoms with Gasteiger partial charge in [0.25, 0.3) is 11.5 Å². The SMILES string of the molecule is CC[C@H](NC(=O)c1c(CNCC(C)(C)C)n(-c2ccccc2)c(=O)c2ccccc12)c1ccccc1. The highest BCUT2D eigenvalue weighted by Gasteiger charge is 2.25. The first-order chi connectivity index (χ1) is 17.3. The normalized spacial score (nSPS) is 12.4. The van der Waals surface area contributed by atoms with Gasteiger partial charge in [-0.1, -0.05) is 94.4 Å². The summed E-state index contributed by atoms with van der Waals surface area (Å²) in [5.74, 6) is -0.181. The molecule has 3 aromatic carbocycles. The van der Waals surface area contributed by atoms with Crippen molar-refractivity contribution in [2.45, 2.75) is 46.7 Å². The Balaban J connectivity index is 1.90. The van der Waals surface area contributed by atoms with Crippen LogP contribution in [0.1, 0.15) is 61.8 Å². The van der Waals surface area contributed by atoms with Crippen LogP contribution in [0.2, 0.25) is 0 Å². The van der Waals surface area contributed by atoms with Crippen LogP contribution in [0.25, 0.3) is 16.5 Å². The van der Waals surface area contributed by atoms with Gasteiger partial charge in [-0.15, -0.1) is 0 Å². The van der Waals surface area contributed by atoms with Crippen molar-refractivity contribution in [1.29, 1.82) is 0 Å². The molecule has 1 heterocycles. The predicted molar refractivity (Wildman–Crippen MR) is 148 cm³/mol. The number of nitrogens with one attached hydrogen (secondary N) is 2. The lowest BCUT2D eigenvalue weighted by Crippen LogP contribution is -2.35. The second kappa shape index (κ2) is 10.9. The van der Waals surface area contributed by atoms with E-state index in [0.717, 1.165) is 24.2 Å². The van der Waals surface area contributed by atoms with Gasteiger partial charge in [-0.05, 0) is 35.6 Å². The van der Waals surface area contributed by atoms with Crippen LogP contribution in [-0.4, -0.2) is 17.0 Å². The van der Waals surface area contributed by atoms with Gasteiger partial charge in [0.15, 0.2) is 0 Å². The van der Waals surface area contributed by atoms with Crippen LogP contribution in [0.15, 0.2) is 89.7 Å². The van der Waals surface area contributed by atoms with E-state index in [0.29, 0.717) is 28.6 Å². The van der Waals surface area contributed by atoms with Crippen molar-refractivity contribution in [2.24, 2.45) is 5.41 Å². The van der Waals surface area contributed by atoms with Crippen molar-refractivity contribution >= 4 is 16.7 Å². The third-order valence-corrected chi connectivity index (χ3v) is 6.29. The first-order valence-corrected chi connectivity index (χ1v) is 12.6. The predicted octanol–water partition coefficient (Wildman–Crippen LogP) is 6.01. The third kappa shape index (κ3) is 5.58. The molecule has 0 spiro atoms. The topological polar surface area (TPSA) is 63.1 Å². The Hall–Kier alpha value is -3.70. The van der Waals surface area contributed by atoms with E-state index < -0.39 is 0 Å². The van der Waals surface area contributed by atoms with Crippen LogP contribution in [0.5, 0.6) is 0 Å². The number of benzene rings is 3. The Morgan fingerprint density at radius 2 is 1.44 bits per heavy atom. The fraction of sp³-hybridized carbons (Fsp3) is 0.290. The van der Waals surface area contributed by atoms with Crippen LogP contribution in [0, 0.1) is 5.41 Å². The molecule has 0 saturated heterocycles. The zero-order valence-corrected chi connectivity index (χ0v) is 21.5. The van der Waals surface area contributed by atoms with Crippen molar-refractivity contribution in [3.8, 4) is 5.69 Å². The van der Waals surface area contributed by atoms with Gasteiger partial charge in [-0.3, -0.25) is 14.2 Å². The van der Waals surface area contributed by atoms with Crippen molar-refractivity contribution in [3.63, 3.8) is 0 Å². The highest BCUT2D eigenvalue weighted by molar-refractivity contribution is 6.08. The number of rotatable bonds is 8. The molecule has 0 unspecified atom stereocenters. The summed E-state index contributed by atoms with van der Waals surface area (Å²) in [5.41, 5.74) is 2.92. The average Bonchev–Trinajstić information content (AvgIpc) is 2.88. The third-order valence-electron chi connectivity index (χ3n) is 6.29. The summed E-state index contributed by atoms with van der Waals surface area (Å²) in [6.07, 6.45) is 0.754. The molecule has 0 saturated carbocycles. The fourth-order valence-electron chi connectivity index (χ4n) is 4.56. The largest absolute Gasteiger partial charge is 0.345 e. The van der Waals surface area contributed by atoms with Crippen LogP contribution in [-0.2, 0) is 6.54 Å². The van der Waals surface area contributed by atoms with E-state index in [9.17, 15) is 9.59 Å². The van der Waals surface area contributed by atoms with Gasteiger partial charge in [-0.25, -0.2) is 0 Å². The first kappa shape index (κ1) is 25.4. The van der Waals surface area contributed by atoms with Crippen molar-refractivity contribution in [2.75, 3.05) is 6.54 Å². The molecule has 1 atom stereocenters. The fourth-order valence-corrected chi connectivity index (χ4v) is 4.56. The standard InChI is InChI=1S/C31H35N3O2/c1-5-26(22-14-8-6-9-15-22)33-29(35)28-24-18-12-13-19-25(24)30(36)34(23-16-10-7-11-17-23)27(28)20-32-21-31(2,3)4/h6-19,26,32H,5,20-21H2,1-4H3,(H,33,35)/t26-/m0/s1. The Kier molecular flexibility index (Phi) is 7.70. The smallest absolute Gasteiger partial charge is 0.263 e. The number of hydrogen-bond donors (Lipinski definition) is 2. The molecule has 2 N–H and O–H groups in total. The number of aromatic nitrogens is 1. The lowest BCUT2D eigenvalue weighted by atomic mass is 9.96. The van der Waals surface area contributed by atoms with Gasteiger partial charge < -0.3 is 10.6 Å². The molecule has 0 fully saturated rings. The van der Waals surface area contributed by atoms with Crippen LogP contribution < -0.4 is 16.2 Å². The van der Waals surface area contributed by atoms with Gasteiger partial charge in [-0.2, -0.15) is 0 Å². The minimum Gasteiger partial charge on any atom is -0.345 e. The number of fused-ring (bicyclic) bond motifs is 1. The molecule has 4 rings (SSSR count). The number of carbonyl (C=O) groups excluding carboxylic acids is 1. The van der Waals surface area contributed by atoms with Crippen LogP contribution in [0.3, 0.4) is 0 Å². The highest BCUT2D eigenvalue weighted by atomic mass is 16.2. The Bertz CT molecular complexity index is 1390. The number of hydrogen-bond acceptors (Lipinski definition) is 3. The summed E-state index contributed by atoms with van der Waals surface area (Å²) in [7, 11) is 0. The van der Waals surface area contributed by atoms with E-state index >= 15 is 0 Å². The summed E-state index contributed by atoms with van der Waals surface area (Å²) < 4.78 is 1.69. The van der Waals surface area contributed by atoms with Crippen LogP contribution in [0.4, 0.5) is 0 Å². The minimum atomic E-state index is -0.181. The lowest BCUT2D eigenvalue weighted by molar-refractivity contribution is 0.0935. The minimum absolute atomic E-state index is 0.0533. The maximum absolute atomic E-state index is 14.0. The summed E-state index contributed by atoms with van der Waals surface area (Å²) >= 11 is 0. The summed E-state index contributed by atoms with van der Waals surface area (Å²) in [6.45, 7) is 9.66. The number of amides is 1. The van der Waals surface area contributed by atoms with E-state index in [1.165, 1.54) is 0 Å². The molecule has 5 nitrogen and oxygen atoms in total. The molecule has 0 aliphatic heterocycles. The molecule has 0 bridgehead atoms. The van der Waals surface area contributed by atoms with Crippen molar-refractivity contribution < 1.29 is 4.79 Å². The summed E-state index contributed by atoms with van der Waals surface area (Å²) in [6, 6.07) is 26.8. The zero-order chi connectivity index (χ0) is 25.7. The van der Waals surface area contributed by atoms with Crippen molar-refractivity contribution in [3.05, 3.63) is 112 Å². The van der Waals surface area contributed by atoms with E-state index in [-0.39, 0.29) is 22.9 Å². The molecule has 4 aromatic rings. The second-order valence-corrected chi connectivity index (χ2v) is 10.4. The maximum atomic E-state index is 14.0. The second-order valence-electron chi connectivity index (χ2n) is 10.4. The molecular formula is C31H35N3O2. The molecular weight excluding hydrogens is 446 g/mol. The maximum Gasteiger partial charge on any atom is 0.263 e. The molecule has 36 heavy (non-hydrogen) atoms. The van der Waals surface area contributed by atoms with E-state index in [2.05, 4.69) is 38.3 Å². The van der Waals surface area contributed by atoms with E-state index in [1.54, 1.807) is 10.6 Å². The molecule has 186 valence electrons. The van der Waals surface area contributed by atoms with Crippen molar-refractivity contribution in [1.82, 2.24) is 15.2 Å². The van der Waals surface area contributed by atoms with Gasteiger partial charge in [0, 0.05) is 29.5 Å². The average molecular weight is 482 g/mol. The Labute approximate surface area is 213 Å². The molecule has 5 heteroatoms. The number of nitrogens with zero attached hydrogens (tertiary/aromatic N) is 1. The molecule has 0 aliphatic rings. The summed E-state index contributed by atoms with van der Waals surface area (Å²) in [5, 5.41) is 7.95. The molecule has 0 aliphatic carbocycles. The van der Waals surface area contributed by atoms with E-state index in [4.69, 9.17) is 0 Å².